The van der Waals surface area contributed by atoms with Crippen molar-refractivity contribution in [1.82, 2.24) is 0 Å². The van der Waals surface area contributed by atoms with Gasteiger partial charge < -0.3 is 31.4 Å². The molecule has 0 unspecified atom stereocenters. The predicted octanol–water partition coefficient (Wildman–Crippen LogP) is -3.65. The SMILES string of the molecule is O=C(O)C(=O)O.O=C(O)C(=O)O.[OH3+].[OH3+].[O]=[Nb]. The first-order valence-electron chi connectivity index (χ1n) is 2.39. The Bertz CT molecular complexity index is 186. The van der Waals surface area contributed by atoms with E-state index in [-0.39, 0.29) is 11.0 Å². The molecule has 0 aromatic heterocycles. The van der Waals surface area contributed by atoms with E-state index in [4.69, 9.17) is 42.9 Å². The third-order valence-corrected chi connectivity index (χ3v) is 0.366. The van der Waals surface area contributed by atoms with E-state index in [1.54, 1.807) is 0 Å². The number of carbonyl (C=O) groups is 4. The van der Waals surface area contributed by atoms with Crippen LogP contribution in [0.25, 0.3) is 0 Å². The molecule has 0 saturated heterocycles. The minimum atomic E-state index is -1.82. The monoisotopic (exact) mass is 327 g/mol. The quantitative estimate of drug-likeness (QED) is 0.195. The summed E-state index contributed by atoms with van der Waals surface area (Å²) in [5.74, 6) is -7.30. The molecule has 0 aliphatic carbocycles. The van der Waals surface area contributed by atoms with Gasteiger partial charge in [-0.2, -0.15) is 0 Å². The Labute approximate surface area is 99.2 Å². The Morgan fingerprint density at radius 3 is 0.625 bits per heavy atom. The summed E-state index contributed by atoms with van der Waals surface area (Å²) in [6.07, 6.45) is 0. The van der Waals surface area contributed by atoms with Gasteiger partial charge in [0.05, 0.1) is 0 Å². The molecule has 0 spiro atoms. The topological polar surface area (TPSA) is 232 Å². The molecule has 0 atom stereocenters. The fraction of sp³-hybridized carbons (Fsp3) is 0. The molecule has 0 aliphatic heterocycles. The molecule has 0 bridgehead atoms. The minimum absolute atomic E-state index is 0. The molecule has 0 fully saturated rings. The second-order valence-corrected chi connectivity index (χ2v) is 1.22. The summed E-state index contributed by atoms with van der Waals surface area (Å²) in [6, 6.07) is 0. The van der Waals surface area contributed by atoms with Crippen LogP contribution in [-0.2, 0) is 54.4 Å². The van der Waals surface area contributed by atoms with Crippen molar-refractivity contribution in [1.29, 1.82) is 0 Å². The molecule has 0 aliphatic rings. The molecule has 11 nitrogen and oxygen atoms in total. The molecule has 0 heterocycles. The molecule has 0 radical (unpaired) electrons. The molecule has 0 aromatic rings. The number of hydrogen-bond donors (Lipinski definition) is 4. The summed E-state index contributed by atoms with van der Waals surface area (Å²) in [5, 5.41) is 29.6. The van der Waals surface area contributed by atoms with Crippen LogP contribution in [0, 0.1) is 0 Å². The zero-order valence-corrected chi connectivity index (χ0v) is 9.63. The summed E-state index contributed by atoms with van der Waals surface area (Å²) < 4.78 is 8.30. The van der Waals surface area contributed by atoms with Gasteiger partial charge in [-0.05, 0) is 0 Å². The van der Waals surface area contributed by atoms with Gasteiger partial charge in [0.2, 0.25) is 0 Å². The van der Waals surface area contributed by atoms with E-state index in [0.717, 1.165) is 0 Å². The van der Waals surface area contributed by atoms with Crippen LogP contribution >= 0.6 is 0 Å². The van der Waals surface area contributed by atoms with Gasteiger partial charge in [-0.15, -0.1) is 0 Å². The van der Waals surface area contributed by atoms with Crippen LogP contribution in [0.2, 0.25) is 0 Å². The summed E-state index contributed by atoms with van der Waals surface area (Å²) >= 11 is 0.500. The number of aliphatic carboxylic acids is 4. The summed E-state index contributed by atoms with van der Waals surface area (Å²) in [4.78, 5) is 36.4. The van der Waals surface area contributed by atoms with Gasteiger partial charge in [0.15, 0.2) is 0 Å². The fourth-order valence-corrected chi connectivity index (χ4v) is 0. The van der Waals surface area contributed by atoms with Gasteiger partial charge in [0.25, 0.3) is 0 Å². The fourth-order valence-electron chi connectivity index (χ4n) is 0. The van der Waals surface area contributed by atoms with Crippen molar-refractivity contribution in [3.63, 3.8) is 0 Å². The van der Waals surface area contributed by atoms with Gasteiger partial charge in [-0.3, -0.25) is 0 Å². The van der Waals surface area contributed by atoms with E-state index < -0.39 is 23.9 Å². The normalized spacial score (nSPS) is 5.69. The molecule has 10 N–H and O–H groups in total. The molecular weight excluding hydrogens is 317 g/mol. The number of carboxylic acids is 4. The average molecular weight is 327 g/mol. The Morgan fingerprint density at radius 2 is 0.625 bits per heavy atom. The zero-order valence-electron chi connectivity index (χ0n) is 7.43. The van der Waals surface area contributed by atoms with Crippen LogP contribution < -0.4 is 0 Å². The molecule has 12 heteroatoms. The Hall–Kier alpha value is -1.66. The Morgan fingerprint density at radius 1 is 0.562 bits per heavy atom. The van der Waals surface area contributed by atoms with Crippen molar-refractivity contribution in [3.05, 3.63) is 0 Å². The standard InChI is InChI=1S/2C2H2O4.Nb.2H2O.O/c2*3-1(4)2(5)6;;;;/h2*(H,3,4)(H,5,6);;2*1H2;/p+2. The van der Waals surface area contributed by atoms with E-state index in [1.165, 1.54) is 0 Å². The van der Waals surface area contributed by atoms with Crippen molar-refractivity contribution in [3.8, 4) is 0 Å². The zero-order chi connectivity index (χ0) is 12.3. The van der Waals surface area contributed by atoms with Crippen LogP contribution in [0.15, 0.2) is 0 Å². The molecule has 0 saturated carbocycles. The van der Waals surface area contributed by atoms with E-state index in [1.807, 2.05) is 0 Å². The molecule has 0 amide bonds. The van der Waals surface area contributed by atoms with E-state index in [9.17, 15) is 0 Å². The summed E-state index contributed by atoms with van der Waals surface area (Å²) in [7, 11) is 0. The molecule has 95 valence electrons. The van der Waals surface area contributed by atoms with Gasteiger partial charge in [-0.1, -0.05) is 0 Å². The Balaban J connectivity index is -0.0000000393. The number of hydrogen-bond acceptors (Lipinski definition) is 5. The molecule has 0 rings (SSSR count). The van der Waals surface area contributed by atoms with Gasteiger partial charge in [0.1, 0.15) is 0 Å². The van der Waals surface area contributed by atoms with Crippen molar-refractivity contribution in [2.24, 2.45) is 0 Å². The molecule has 0 aromatic carbocycles. The van der Waals surface area contributed by atoms with Crippen molar-refractivity contribution in [2.45, 2.75) is 0 Å². The van der Waals surface area contributed by atoms with Crippen LogP contribution in [0.5, 0.6) is 0 Å². The van der Waals surface area contributed by atoms with Crippen LogP contribution in [0.4, 0.5) is 0 Å². The molecular formula is C4H10NbO11+2. The van der Waals surface area contributed by atoms with Crippen molar-refractivity contribution < 1.29 is 74.8 Å². The van der Waals surface area contributed by atoms with Crippen LogP contribution in [0.3, 0.4) is 0 Å². The van der Waals surface area contributed by atoms with Gasteiger partial charge in [-0.25, -0.2) is 19.2 Å². The van der Waals surface area contributed by atoms with E-state index in [0.29, 0.717) is 21.0 Å². The second-order valence-electron chi connectivity index (χ2n) is 1.22. The molecule has 16 heavy (non-hydrogen) atoms. The Kier molecular flexibility index (Phi) is 34.7. The van der Waals surface area contributed by atoms with Crippen molar-refractivity contribution in [2.75, 3.05) is 0 Å². The van der Waals surface area contributed by atoms with Crippen LogP contribution in [0.1, 0.15) is 0 Å². The number of rotatable bonds is 0. The summed E-state index contributed by atoms with van der Waals surface area (Å²) in [6.45, 7) is 0. The average Bonchev–Trinajstić information content (AvgIpc) is 2.08. The van der Waals surface area contributed by atoms with Crippen LogP contribution in [-0.4, -0.2) is 44.3 Å². The van der Waals surface area contributed by atoms with E-state index in [2.05, 4.69) is 0 Å². The summed E-state index contributed by atoms with van der Waals surface area (Å²) in [5.41, 5.74) is 0. The van der Waals surface area contributed by atoms with Gasteiger partial charge in [0, 0.05) is 0 Å². The maximum absolute atomic E-state index is 9.10. The third-order valence-electron chi connectivity index (χ3n) is 0.366. The first-order chi connectivity index (χ1) is 6.29. The van der Waals surface area contributed by atoms with Crippen molar-refractivity contribution >= 4 is 23.9 Å². The second kappa shape index (κ2) is 19.0. The van der Waals surface area contributed by atoms with E-state index >= 15 is 0 Å². The first-order valence-corrected chi connectivity index (χ1v) is 3.29. The predicted molar refractivity (Wildman–Crippen MR) is 41.0 cm³/mol. The maximum atomic E-state index is 9.10. The van der Waals surface area contributed by atoms with Gasteiger partial charge >= 0.3 is 48.2 Å². The first kappa shape index (κ1) is 29.3. The number of carboxylic acid groups (broad SMARTS) is 4. The third kappa shape index (κ3) is 39.5.